The van der Waals surface area contributed by atoms with Crippen LogP contribution in [0.15, 0.2) is 41.0 Å². The summed E-state index contributed by atoms with van der Waals surface area (Å²) in [5, 5.41) is 17.7. The molecule has 2 aromatic rings. The first-order valence-corrected chi connectivity index (χ1v) is 6.51. The average Bonchev–Trinajstić information content (AvgIpc) is 2.65. The van der Waals surface area contributed by atoms with E-state index in [0.717, 1.165) is 4.47 Å². The molecule has 1 aromatic carbocycles. The molecule has 2 heterocycles. The standard InChI is InChI=1S/C13H10BrN3O2/c14-8-3-4-11-10(6-8)12(18)13(19)17(11)7-9-2-1-5-15-16-9/h1-6,12,18H,7H2. The van der Waals surface area contributed by atoms with Crippen molar-refractivity contribution in [2.45, 2.75) is 12.6 Å². The molecule has 0 bridgehead atoms. The Balaban J connectivity index is 1.98. The molecule has 19 heavy (non-hydrogen) atoms. The summed E-state index contributed by atoms with van der Waals surface area (Å²) in [5.74, 6) is -0.334. The summed E-state index contributed by atoms with van der Waals surface area (Å²) >= 11 is 3.34. The zero-order valence-corrected chi connectivity index (χ0v) is 11.4. The number of aliphatic hydroxyl groups excluding tert-OH is 1. The predicted molar refractivity (Wildman–Crippen MR) is 72.3 cm³/mol. The Morgan fingerprint density at radius 1 is 1.37 bits per heavy atom. The van der Waals surface area contributed by atoms with Gasteiger partial charge in [-0.1, -0.05) is 15.9 Å². The van der Waals surface area contributed by atoms with Crippen molar-refractivity contribution in [2.24, 2.45) is 0 Å². The second-order valence-corrected chi connectivity index (χ2v) is 5.16. The first-order chi connectivity index (χ1) is 9.16. The van der Waals surface area contributed by atoms with Crippen molar-refractivity contribution >= 4 is 27.5 Å². The van der Waals surface area contributed by atoms with Crippen LogP contribution in [-0.2, 0) is 11.3 Å². The molecule has 1 unspecified atom stereocenters. The lowest BCUT2D eigenvalue weighted by Crippen LogP contribution is -2.28. The van der Waals surface area contributed by atoms with Gasteiger partial charge in [0.15, 0.2) is 6.10 Å². The van der Waals surface area contributed by atoms with Crippen molar-refractivity contribution < 1.29 is 9.90 Å². The molecule has 1 aromatic heterocycles. The molecule has 0 saturated carbocycles. The third-order valence-electron chi connectivity index (χ3n) is 3.02. The van der Waals surface area contributed by atoms with Crippen molar-refractivity contribution in [3.8, 4) is 0 Å². The summed E-state index contributed by atoms with van der Waals surface area (Å²) in [6, 6.07) is 8.97. The minimum Gasteiger partial charge on any atom is -0.378 e. The zero-order valence-electron chi connectivity index (χ0n) is 9.82. The van der Waals surface area contributed by atoms with Crippen LogP contribution in [0, 0.1) is 0 Å². The molecule has 1 N–H and O–H groups in total. The fourth-order valence-electron chi connectivity index (χ4n) is 2.13. The molecule has 0 fully saturated rings. The van der Waals surface area contributed by atoms with Crippen LogP contribution in [0.1, 0.15) is 17.4 Å². The minimum atomic E-state index is -1.11. The van der Waals surface area contributed by atoms with Gasteiger partial charge in [0, 0.05) is 16.2 Å². The SMILES string of the molecule is O=C1C(O)c2cc(Br)ccc2N1Cc1cccnn1. The molecule has 0 aliphatic carbocycles. The number of aromatic nitrogens is 2. The lowest BCUT2D eigenvalue weighted by Gasteiger charge is -2.16. The van der Waals surface area contributed by atoms with Gasteiger partial charge >= 0.3 is 0 Å². The minimum absolute atomic E-state index is 0.304. The van der Waals surface area contributed by atoms with Crippen molar-refractivity contribution in [1.82, 2.24) is 10.2 Å². The van der Waals surface area contributed by atoms with Gasteiger partial charge in [-0.2, -0.15) is 10.2 Å². The molecule has 0 spiro atoms. The lowest BCUT2D eigenvalue weighted by atomic mass is 10.1. The molecule has 0 saturated heterocycles. The fraction of sp³-hybridized carbons (Fsp3) is 0.154. The first kappa shape index (κ1) is 12.3. The van der Waals surface area contributed by atoms with Crippen LogP contribution in [0.3, 0.4) is 0 Å². The van der Waals surface area contributed by atoms with Crippen LogP contribution in [0.4, 0.5) is 5.69 Å². The Morgan fingerprint density at radius 3 is 2.95 bits per heavy atom. The Kier molecular flexibility index (Phi) is 3.04. The van der Waals surface area contributed by atoms with E-state index in [4.69, 9.17) is 0 Å². The number of carbonyl (C=O) groups is 1. The molecule has 1 atom stereocenters. The summed E-state index contributed by atoms with van der Waals surface area (Å²) < 4.78 is 0.833. The van der Waals surface area contributed by atoms with Crippen LogP contribution in [-0.4, -0.2) is 21.2 Å². The van der Waals surface area contributed by atoms with Gasteiger partial charge in [-0.05, 0) is 30.3 Å². The monoisotopic (exact) mass is 319 g/mol. The highest BCUT2D eigenvalue weighted by atomic mass is 79.9. The van der Waals surface area contributed by atoms with Crippen molar-refractivity contribution in [3.63, 3.8) is 0 Å². The van der Waals surface area contributed by atoms with E-state index in [1.807, 2.05) is 12.1 Å². The number of benzene rings is 1. The lowest BCUT2D eigenvalue weighted by molar-refractivity contribution is -0.125. The number of hydrogen-bond donors (Lipinski definition) is 1. The highest BCUT2D eigenvalue weighted by Crippen LogP contribution is 2.38. The van der Waals surface area contributed by atoms with E-state index >= 15 is 0 Å². The summed E-state index contributed by atoms with van der Waals surface area (Å²) in [6.45, 7) is 0.304. The van der Waals surface area contributed by atoms with Crippen LogP contribution < -0.4 is 4.90 Å². The number of fused-ring (bicyclic) bond motifs is 1. The number of aliphatic hydroxyl groups is 1. The van der Waals surface area contributed by atoms with E-state index in [9.17, 15) is 9.90 Å². The summed E-state index contributed by atoms with van der Waals surface area (Å²) in [5.41, 5.74) is 2.01. The van der Waals surface area contributed by atoms with Gasteiger partial charge in [0.2, 0.25) is 0 Å². The number of amides is 1. The van der Waals surface area contributed by atoms with Gasteiger partial charge in [0.05, 0.1) is 17.9 Å². The van der Waals surface area contributed by atoms with Gasteiger partial charge in [-0.25, -0.2) is 0 Å². The van der Waals surface area contributed by atoms with E-state index in [0.29, 0.717) is 23.5 Å². The summed E-state index contributed by atoms with van der Waals surface area (Å²) in [4.78, 5) is 13.6. The molecular weight excluding hydrogens is 310 g/mol. The van der Waals surface area contributed by atoms with E-state index in [1.54, 1.807) is 24.4 Å². The van der Waals surface area contributed by atoms with E-state index in [-0.39, 0.29) is 5.91 Å². The number of halogens is 1. The second-order valence-electron chi connectivity index (χ2n) is 4.25. The van der Waals surface area contributed by atoms with Crippen LogP contribution in [0.5, 0.6) is 0 Å². The third kappa shape index (κ3) is 2.13. The summed E-state index contributed by atoms with van der Waals surface area (Å²) in [6.07, 6.45) is 0.471. The zero-order chi connectivity index (χ0) is 13.4. The van der Waals surface area contributed by atoms with Gasteiger partial charge in [0.1, 0.15) is 0 Å². The fourth-order valence-corrected chi connectivity index (χ4v) is 2.51. The topological polar surface area (TPSA) is 66.3 Å². The number of nitrogens with zero attached hydrogens (tertiary/aromatic N) is 3. The van der Waals surface area contributed by atoms with E-state index in [2.05, 4.69) is 26.1 Å². The molecule has 1 aliphatic rings. The Labute approximate surface area is 118 Å². The second kappa shape index (κ2) is 4.71. The van der Waals surface area contributed by atoms with Gasteiger partial charge < -0.3 is 10.0 Å². The molecule has 1 amide bonds. The number of hydrogen-bond acceptors (Lipinski definition) is 4. The van der Waals surface area contributed by atoms with Crippen molar-refractivity contribution in [1.29, 1.82) is 0 Å². The Hall–Kier alpha value is -1.79. The maximum atomic E-state index is 12.1. The molecular formula is C13H10BrN3O2. The highest BCUT2D eigenvalue weighted by molar-refractivity contribution is 9.10. The van der Waals surface area contributed by atoms with Crippen LogP contribution >= 0.6 is 15.9 Å². The van der Waals surface area contributed by atoms with Gasteiger partial charge in [0.25, 0.3) is 5.91 Å². The predicted octanol–water partition coefficient (Wildman–Crippen LogP) is 1.82. The van der Waals surface area contributed by atoms with Gasteiger partial charge in [-0.15, -0.1) is 0 Å². The van der Waals surface area contributed by atoms with Gasteiger partial charge in [-0.3, -0.25) is 4.79 Å². The number of anilines is 1. The number of carbonyl (C=O) groups excluding carboxylic acids is 1. The Bertz CT molecular complexity index is 633. The normalized spacial score (nSPS) is 17.7. The van der Waals surface area contributed by atoms with E-state index < -0.39 is 6.10 Å². The summed E-state index contributed by atoms with van der Waals surface area (Å²) in [7, 11) is 0. The smallest absolute Gasteiger partial charge is 0.260 e. The highest BCUT2D eigenvalue weighted by Gasteiger charge is 2.36. The maximum Gasteiger partial charge on any atom is 0.260 e. The molecule has 96 valence electrons. The van der Waals surface area contributed by atoms with Crippen LogP contribution in [0.25, 0.3) is 0 Å². The molecule has 6 heteroatoms. The van der Waals surface area contributed by atoms with Crippen molar-refractivity contribution in [2.75, 3.05) is 4.90 Å². The quantitative estimate of drug-likeness (QED) is 0.917. The van der Waals surface area contributed by atoms with E-state index in [1.165, 1.54) is 4.90 Å². The largest absolute Gasteiger partial charge is 0.378 e. The van der Waals surface area contributed by atoms with Crippen molar-refractivity contribution in [3.05, 3.63) is 52.3 Å². The molecule has 0 radical (unpaired) electrons. The molecule has 5 nitrogen and oxygen atoms in total. The third-order valence-corrected chi connectivity index (χ3v) is 3.52. The number of rotatable bonds is 2. The maximum absolute atomic E-state index is 12.1. The Morgan fingerprint density at radius 2 is 2.21 bits per heavy atom. The molecule has 1 aliphatic heterocycles. The average molecular weight is 320 g/mol. The first-order valence-electron chi connectivity index (χ1n) is 5.72. The van der Waals surface area contributed by atoms with Crippen LogP contribution in [0.2, 0.25) is 0 Å². The molecule has 3 rings (SSSR count).